The number of carbonyl (C=O) groups is 2. The maximum Gasteiger partial charge on any atom is 0.325 e. The first kappa shape index (κ1) is 15.3. The smallest absolute Gasteiger partial charge is 0.325 e. The van der Waals surface area contributed by atoms with E-state index in [-0.39, 0.29) is 27.3 Å². The summed E-state index contributed by atoms with van der Waals surface area (Å²) >= 11 is 0. The first-order valence-corrected chi connectivity index (χ1v) is 4.16. The molecule has 1 unspecified atom stereocenters. The van der Waals surface area contributed by atoms with Crippen LogP contribution in [-0.4, -0.2) is 40.4 Å². The van der Waals surface area contributed by atoms with Crippen molar-refractivity contribution in [3.05, 3.63) is 0 Å². The molecule has 0 saturated carbocycles. The molecule has 1 atom stereocenters. The first-order valence-electron chi connectivity index (χ1n) is 2.66. The Hall–Kier alpha value is -0.228. The van der Waals surface area contributed by atoms with Gasteiger partial charge in [0.25, 0.3) is 10.1 Å². The molecule has 0 fully saturated rings. The minimum absolute atomic E-state index is 0. The van der Waals surface area contributed by atoms with Crippen molar-refractivity contribution in [3.8, 4) is 0 Å². The fourth-order valence-electron chi connectivity index (χ4n) is 0.479. The van der Waals surface area contributed by atoms with Crippen molar-refractivity contribution < 1.29 is 60.1 Å². The van der Waals surface area contributed by atoms with Crippen LogP contribution in [0, 0.1) is 0 Å². The number of carboxylic acid groups (broad SMARTS) is 2. The molecule has 0 spiro atoms. The minimum Gasteiger partial charge on any atom is -0.481 e. The molecule has 0 aromatic heterocycles. The summed E-state index contributed by atoms with van der Waals surface area (Å²) < 4.78 is 28.7. The van der Waals surface area contributed by atoms with Crippen LogP contribution in [0.25, 0.3) is 0 Å². The van der Waals surface area contributed by atoms with Crippen LogP contribution in [0.3, 0.4) is 0 Å². The summed E-state index contributed by atoms with van der Waals surface area (Å²) in [6.07, 6.45) is -1.16. The molecule has 0 saturated heterocycles. The van der Waals surface area contributed by atoms with Gasteiger partial charge in [-0.2, -0.15) is 8.42 Å². The standard InChI is InChI=1S/C4H6O7S.Cd/c5-3(6)1-2(4(7)8)12(9,10)11;/h2H,1H2,(H,5,6)(H,7,8)(H,9,10,11);. The maximum atomic E-state index is 10.2. The molecule has 0 radical (unpaired) electrons. The Labute approximate surface area is 93.7 Å². The Morgan fingerprint density at radius 1 is 1.23 bits per heavy atom. The molecule has 0 aliphatic heterocycles. The molecule has 0 amide bonds. The fourth-order valence-corrected chi connectivity index (χ4v) is 1.09. The van der Waals surface area contributed by atoms with Gasteiger partial charge < -0.3 is 10.2 Å². The van der Waals surface area contributed by atoms with Crippen molar-refractivity contribution in [1.29, 1.82) is 0 Å². The Balaban J connectivity index is 0. The molecule has 7 nitrogen and oxygen atoms in total. The third-order valence-corrected chi connectivity index (χ3v) is 2.08. The fraction of sp³-hybridized carbons (Fsp3) is 0.500. The van der Waals surface area contributed by atoms with Crippen molar-refractivity contribution >= 4 is 22.1 Å². The van der Waals surface area contributed by atoms with E-state index < -0.39 is 33.7 Å². The Morgan fingerprint density at radius 2 is 1.62 bits per heavy atom. The number of aliphatic carboxylic acids is 2. The van der Waals surface area contributed by atoms with Crippen molar-refractivity contribution in [2.45, 2.75) is 11.7 Å². The van der Waals surface area contributed by atoms with Crippen LogP contribution in [0.1, 0.15) is 6.42 Å². The monoisotopic (exact) mass is 312 g/mol. The summed E-state index contributed by atoms with van der Waals surface area (Å²) in [5.41, 5.74) is 0. The molecular formula is C4H6CdO7S. The summed E-state index contributed by atoms with van der Waals surface area (Å²) in [6.45, 7) is 0. The average molecular weight is 311 g/mol. The van der Waals surface area contributed by atoms with Crippen LogP contribution in [0.2, 0.25) is 0 Å². The molecule has 13 heavy (non-hydrogen) atoms. The van der Waals surface area contributed by atoms with Crippen LogP contribution in [0.5, 0.6) is 0 Å². The molecule has 72 valence electrons. The van der Waals surface area contributed by atoms with E-state index in [4.69, 9.17) is 14.8 Å². The summed E-state index contributed by atoms with van der Waals surface area (Å²) in [5, 5.41) is 13.9. The molecule has 0 aliphatic rings. The Kier molecular flexibility index (Phi) is 6.44. The third kappa shape index (κ3) is 5.93. The largest absolute Gasteiger partial charge is 0.481 e. The van der Waals surface area contributed by atoms with Crippen molar-refractivity contribution in [2.24, 2.45) is 0 Å². The first-order chi connectivity index (χ1) is 5.25. The van der Waals surface area contributed by atoms with Gasteiger partial charge in [0.05, 0.1) is 6.42 Å². The van der Waals surface area contributed by atoms with Gasteiger partial charge in [0.15, 0.2) is 5.25 Å². The zero-order valence-corrected chi connectivity index (χ0v) is 11.2. The van der Waals surface area contributed by atoms with E-state index in [1.807, 2.05) is 0 Å². The Bertz CT molecular complexity index is 294. The van der Waals surface area contributed by atoms with E-state index in [1.54, 1.807) is 0 Å². The van der Waals surface area contributed by atoms with Gasteiger partial charge in [0.1, 0.15) is 0 Å². The van der Waals surface area contributed by atoms with Gasteiger partial charge in [0, 0.05) is 27.3 Å². The van der Waals surface area contributed by atoms with Crippen LogP contribution in [-0.2, 0) is 47.0 Å². The predicted octanol–water partition coefficient (Wildman–Crippen LogP) is -1.20. The van der Waals surface area contributed by atoms with Crippen LogP contribution in [0.15, 0.2) is 0 Å². The molecule has 3 N–H and O–H groups in total. The average Bonchev–Trinajstić information content (AvgIpc) is 1.79. The molecular weight excluding hydrogens is 305 g/mol. The zero-order valence-electron chi connectivity index (χ0n) is 6.37. The van der Waals surface area contributed by atoms with Gasteiger partial charge in [-0.05, 0) is 0 Å². The molecule has 0 rings (SSSR count). The SMILES string of the molecule is O=C(O)CC(C(=O)O)S(=O)(=O)O.[Cd]. The van der Waals surface area contributed by atoms with Gasteiger partial charge in [0.2, 0.25) is 0 Å². The van der Waals surface area contributed by atoms with E-state index in [1.165, 1.54) is 0 Å². The van der Waals surface area contributed by atoms with E-state index in [0.29, 0.717) is 0 Å². The molecule has 0 aromatic carbocycles. The van der Waals surface area contributed by atoms with Crippen LogP contribution < -0.4 is 0 Å². The van der Waals surface area contributed by atoms with Gasteiger partial charge >= 0.3 is 11.9 Å². The van der Waals surface area contributed by atoms with E-state index >= 15 is 0 Å². The van der Waals surface area contributed by atoms with Gasteiger partial charge in [-0.25, -0.2) is 0 Å². The van der Waals surface area contributed by atoms with Gasteiger partial charge in [-0.1, -0.05) is 0 Å². The second-order valence-electron chi connectivity index (χ2n) is 1.94. The number of hydrogen-bond donors (Lipinski definition) is 3. The quantitative estimate of drug-likeness (QED) is 0.439. The normalized spacial score (nSPS) is 12.7. The molecule has 0 aromatic rings. The summed E-state index contributed by atoms with van der Waals surface area (Å²) in [6, 6.07) is 0. The van der Waals surface area contributed by atoms with Crippen LogP contribution >= 0.6 is 0 Å². The van der Waals surface area contributed by atoms with Gasteiger partial charge in [-0.15, -0.1) is 0 Å². The van der Waals surface area contributed by atoms with E-state index in [9.17, 15) is 18.0 Å². The van der Waals surface area contributed by atoms with Crippen LogP contribution in [0.4, 0.5) is 0 Å². The summed E-state index contributed by atoms with van der Waals surface area (Å²) in [4.78, 5) is 20.0. The summed E-state index contributed by atoms with van der Waals surface area (Å²) in [7, 11) is -4.84. The molecule has 0 bridgehead atoms. The Morgan fingerprint density at radius 3 is 1.69 bits per heavy atom. The van der Waals surface area contributed by atoms with Crippen molar-refractivity contribution in [1.82, 2.24) is 0 Å². The van der Waals surface area contributed by atoms with Gasteiger partial charge in [-0.3, -0.25) is 14.1 Å². The third-order valence-electron chi connectivity index (χ3n) is 0.995. The maximum absolute atomic E-state index is 10.2. The topological polar surface area (TPSA) is 129 Å². The molecule has 9 heteroatoms. The van der Waals surface area contributed by atoms with Crippen molar-refractivity contribution in [3.63, 3.8) is 0 Å². The number of carboxylic acids is 2. The number of rotatable bonds is 4. The van der Waals surface area contributed by atoms with E-state index in [2.05, 4.69) is 0 Å². The predicted molar refractivity (Wildman–Crippen MR) is 35.2 cm³/mol. The zero-order chi connectivity index (χ0) is 9.94. The molecule has 0 heterocycles. The minimum atomic E-state index is -4.84. The second kappa shape index (κ2) is 5.49. The number of hydrogen-bond acceptors (Lipinski definition) is 4. The van der Waals surface area contributed by atoms with Crippen molar-refractivity contribution in [2.75, 3.05) is 0 Å². The summed E-state index contributed by atoms with van der Waals surface area (Å²) in [5.74, 6) is -3.50. The molecule has 0 aliphatic carbocycles. The second-order valence-corrected chi connectivity index (χ2v) is 3.54. The van der Waals surface area contributed by atoms with E-state index in [0.717, 1.165) is 0 Å².